The highest BCUT2D eigenvalue weighted by molar-refractivity contribution is 7.89. The van der Waals surface area contributed by atoms with Gasteiger partial charge in [0.1, 0.15) is 23.3 Å². The second-order valence-electron chi connectivity index (χ2n) is 11.8. The summed E-state index contributed by atoms with van der Waals surface area (Å²) in [6.45, 7) is 2.36. The van der Waals surface area contributed by atoms with Gasteiger partial charge in [0.15, 0.2) is 0 Å². The van der Waals surface area contributed by atoms with E-state index in [9.17, 15) is 31.2 Å². The maximum atomic E-state index is 15.1. The highest BCUT2D eigenvalue weighted by atomic mass is 32.2. The van der Waals surface area contributed by atoms with Crippen LogP contribution in [0.2, 0.25) is 0 Å². The molecule has 3 aromatic carbocycles. The topological polar surface area (TPSA) is 120 Å². The van der Waals surface area contributed by atoms with Gasteiger partial charge in [0.05, 0.1) is 23.0 Å². The van der Waals surface area contributed by atoms with Crippen LogP contribution in [0, 0.1) is 23.3 Å². The van der Waals surface area contributed by atoms with Crippen molar-refractivity contribution in [2.45, 2.75) is 49.5 Å². The molecule has 14 heteroatoms. The average molecular weight is 698 g/mol. The van der Waals surface area contributed by atoms with E-state index in [1.54, 1.807) is 12.1 Å². The Kier molecular flexibility index (Phi) is 11.4. The second-order valence-corrected chi connectivity index (χ2v) is 13.7. The van der Waals surface area contributed by atoms with Gasteiger partial charge in [0, 0.05) is 62.3 Å². The maximum absolute atomic E-state index is 15.1. The summed E-state index contributed by atoms with van der Waals surface area (Å²) in [4.78, 5) is 28.7. The summed E-state index contributed by atoms with van der Waals surface area (Å²) in [7, 11) is -3.93. The largest absolute Gasteiger partial charge is 0.326 e. The lowest BCUT2D eigenvalue weighted by Gasteiger charge is -2.35. The van der Waals surface area contributed by atoms with Crippen LogP contribution in [-0.4, -0.2) is 55.2 Å². The van der Waals surface area contributed by atoms with E-state index in [2.05, 4.69) is 20.9 Å². The molecule has 0 radical (unpaired) electrons. The van der Waals surface area contributed by atoms with Crippen LogP contribution in [0.1, 0.15) is 48.8 Å². The Morgan fingerprint density at radius 2 is 1.67 bits per heavy atom. The number of benzene rings is 3. The first-order valence-corrected chi connectivity index (χ1v) is 17.1. The fourth-order valence-electron chi connectivity index (χ4n) is 6.00. The Bertz CT molecular complexity index is 1910. The summed E-state index contributed by atoms with van der Waals surface area (Å²) in [6.07, 6.45) is 2.88. The number of piperazine rings is 1. The molecule has 1 aliphatic rings. The Labute approximate surface area is 281 Å². The Balaban J connectivity index is 1.29. The number of hydrogen-bond donors (Lipinski definition) is 3. The Morgan fingerprint density at radius 1 is 0.939 bits per heavy atom. The Morgan fingerprint density at radius 3 is 2.39 bits per heavy atom. The summed E-state index contributed by atoms with van der Waals surface area (Å²) in [6, 6.07) is 13.7. The Hall–Kier alpha value is -4.66. The van der Waals surface area contributed by atoms with Crippen LogP contribution in [0.3, 0.4) is 0 Å². The van der Waals surface area contributed by atoms with E-state index >= 15 is 4.39 Å². The third-order valence-corrected chi connectivity index (χ3v) is 10.2. The van der Waals surface area contributed by atoms with Gasteiger partial charge in [-0.3, -0.25) is 14.6 Å². The van der Waals surface area contributed by atoms with Crippen molar-refractivity contribution in [2.24, 2.45) is 0 Å². The number of nitrogens with one attached hydrogen (secondary N) is 3. The van der Waals surface area contributed by atoms with Gasteiger partial charge < -0.3 is 16.0 Å². The molecular weight excluding hydrogens is 662 g/mol. The fraction of sp³-hybridized carbons (Fsp3) is 0.286. The standard InChI is InChI=1S/C35H35F4N5O4S/c1-22(45)42-28-4-2-6-30(17-28)49(47,48)44-13-12-40-19-29(44)5-3-7-31-33(39)20-41-21-34(31)43-35(46)18-32(23-8-10-25(36)11-9-23)24-14-26(37)16-27(38)15-24/h2,4,6,8-11,14-17,20-21,29,32,40H,3,5,7,12-13,18-19H2,1H3,(H,42,45)(H,43,46). The summed E-state index contributed by atoms with van der Waals surface area (Å²) in [5, 5.41) is 8.47. The van der Waals surface area contributed by atoms with E-state index in [4.69, 9.17) is 0 Å². The zero-order valence-electron chi connectivity index (χ0n) is 26.6. The van der Waals surface area contributed by atoms with Crippen LogP contribution in [0.25, 0.3) is 0 Å². The minimum Gasteiger partial charge on any atom is -0.326 e. The summed E-state index contributed by atoms with van der Waals surface area (Å²) in [5.41, 5.74) is 1.24. The van der Waals surface area contributed by atoms with Crippen molar-refractivity contribution in [3.63, 3.8) is 0 Å². The van der Waals surface area contributed by atoms with Crippen molar-refractivity contribution in [1.82, 2.24) is 14.6 Å². The summed E-state index contributed by atoms with van der Waals surface area (Å²) >= 11 is 0. The molecule has 1 aromatic heterocycles. The van der Waals surface area contributed by atoms with Gasteiger partial charge >= 0.3 is 0 Å². The van der Waals surface area contributed by atoms with E-state index in [1.807, 2.05) is 0 Å². The molecule has 4 aromatic rings. The third kappa shape index (κ3) is 9.08. The van der Waals surface area contributed by atoms with Crippen molar-refractivity contribution in [3.8, 4) is 0 Å². The molecule has 5 rings (SSSR count). The first kappa shape index (κ1) is 35.6. The first-order chi connectivity index (χ1) is 23.4. The predicted molar refractivity (Wildman–Crippen MR) is 176 cm³/mol. The SMILES string of the molecule is CC(=O)Nc1cccc(S(=O)(=O)N2CCNCC2CCCc2c(F)cncc2NC(=O)CC(c2ccc(F)cc2)c2cc(F)cc(F)c2)c1. The predicted octanol–water partition coefficient (Wildman–Crippen LogP) is 5.74. The summed E-state index contributed by atoms with van der Waals surface area (Å²) < 4.78 is 85.8. The number of aromatic nitrogens is 1. The molecule has 2 unspecified atom stereocenters. The molecule has 2 atom stereocenters. The minimum atomic E-state index is -3.93. The molecule has 1 aliphatic heterocycles. The lowest BCUT2D eigenvalue weighted by Crippen LogP contribution is -2.53. The number of rotatable bonds is 12. The molecule has 0 spiro atoms. The molecule has 0 aliphatic carbocycles. The van der Waals surface area contributed by atoms with Crippen LogP contribution in [0.5, 0.6) is 0 Å². The van der Waals surface area contributed by atoms with E-state index in [0.717, 1.165) is 18.3 Å². The van der Waals surface area contributed by atoms with E-state index in [1.165, 1.54) is 53.8 Å². The average Bonchev–Trinajstić information content (AvgIpc) is 3.05. The van der Waals surface area contributed by atoms with Crippen LogP contribution in [0.4, 0.5) is 28.9 Å². The number of carbonyl (C=O) groups is 2. The van der Waals surface area contributed by atoms with Gasteiger partial charge in [-0.25, -0.2) is 26.0 Å². The number of pyridine rings is 1. The van der Waals surface area contributed by atoms with Gasteiger partial charge in [0.25, 0.3) is 0 Å². The minimum absolute atomic E-state index is 0.0377. The number of hydrogen-bond acceptors (Lipinski definition) is 6. The molecule has 258 valence electrons. The van der Waals surface area contributed by atoms with E-state index in [-0.39, 0.29) is 47.0 Å². The first-order valence-electron chi connectivity index (χ1n) is 15.6. The molecule has 1 saturated heterocycles. The highest BCUT2D eigenvalue weighted by Crippen LogP contribution is 2.31. The van der Waals surface area contributed by atoms with Crippen molar-refractivity contribution >= 4 is 33.2 Å². The lowest BCUT2D eigenvalue weighted by molar-refractivity contribution is -0.116. The third-order valence-electron chi connectivity index (χ3n) is 8.25. The molecule has 2 amide bonds. The van der Waals surface area contributed by atoms with Crippen LogP contribution in [0.15, 0.2) is 84.0 Å². The maximum Gasteiger partial charge on any atom is 0.243 e. The zero-order chi connectivity index (χ0) is 35.1. The fourth-order valence-corrected chi connectivity index (χ4v) is 7.70. The number of amides is 2. The highest BCUT2D eigenvalue weighted by Gasteiger charge is 2.33. The molecule has 2 heterocycles. The van der Waals surface area contributed by atoms with Crippen molar-refractivity contribution in [2.75, 3.05) is 30.3 Å². The normalized spacial score (nSPS) is 15.8. The lowest BCUT2D eigenvalue weighted by atomic mass is 9.88. The van der Waals surface area contributed by atoms with Crippen LogP contribution in [-0.2, 0) is 26.0 Å². The van der Waals surface area contributed by atoms with E-state index < -0.39 is 51.2 Å². The molecule has 9 nitrogen and oxygen atoms in total. The number of carbonyl (C=O) groups excluding carboxylic acids is 2. The van der Waals surface area contributed by atoms with E-state index in [0.29, 0.717) is 43.2 Å². The van der Waals surface area contributed by atoms with Crippen molar-refractivity contribution in [1.29, 1.82) is 0 Å². The number of anilines is 2. The van der Waals surface area contributed by atoms with Crippen molar-refractivity contribution in [3.05, 3.63) is 119 Å². The smallest absolute Gasteiger partial charge is 0.243 e. The number of nitrogens with zero attached hydrogens (tertiary/aromatic N) is 2. The van der Waals surface area contributed by atoms with Gasteiger partial charge in [-0.15, -0.1) is 0 Å². The molecule has 1 fully saturated rings. The molecule has 0 saturated carbocycles. The monoisotopic (exact) mass is 697 g/mol. The van der Waals surface area contributed by atoms with Crippen LogP contribution < -0.4 is 16.0 Å². The van der Waals surface area contributed by atoms with Crippen LogP contribution >= 0.6 is 0 Å². The summed E-state index contributed by atoms with van der Waals surface area (Å²) in [5.74, 6) is -4.63. The molecular formula is C35H35F4N5O4S. The molecule has 0 bridgehead atoms. The van der Waals surface area contributed by atoms with Gasteiger partial charge in [0.2, 0.25) is 21.8 Å². The van der Waals surface area contributed by atoms with Crippen molar-refractivity contribution < 1.29 is 35.6 Å². The number of halogens is 4. The van der Waals surface area contributed by atoms with Gasteiger partial charge in [-0.05, 0) is 72.9 Å². The number of sulfonamides is 1. The van der Waals surface area contributed by atoms with Gasteiger partial charge in [-0.2, -0.15) is 4.31 Å². The van der Waals surface area contributed by atoms with Gasteiger partial charge in [-0.1, -0.05) is 18.2 Å². The second kappa shape index (κ2) is 15.7. The quantitative estimate of drug-likeness (QED) is 0.163. The molecule has 3 N–H and O–H groups in total. The molecule has 49 heavy (non-hydrogen) atoms. The zero-order valence-corrected chi connectivity index (χ0v) is 27.4.